The molecule has 0 saturated heterocycles. The van der Waals surface area contributed by atoms with Gasteiger partial charge in [0, 0.05) is 23.0 Å². The van der Waals surface area contributed by atoms with Crippen LogP contribution in [0.1, 0.15) is 21.8 Å². The van der Waals surface area contributed by atoms with Crippen molar-refractivity contribution in [2.24, 2.45) is 0 Å². The van der Waals surface area contributed by atoms with Crippen LogP contribution < -0.4 is 9.47 Å². The van der Waals surface area contributed by atoms with Crippen LogP contribution in [0.15, 0.2) is 36.4 Å². The Morgan fingerprint density at radius 1 is 0.920 bits per heavy atom. The van der Waals surface area contributed by atoms with Crippen LogP contribution >= 0.6 is 0 Å². The predicted octanol–water partition coefficient (Wildman–Crippen LogP) is 2.05. The summed E-state index contributed by atoms with van der Waals surface area (Å²) in [6.07, 6.45) is 7.59. The third-order valence-corrected chi connectivity index (χ3v) is 3.45. The number of esters is 1. The molecule has 1 aliphatic carbocycles. The number of hydrogen-bond donors (Lipinski definition) is 0. The van der Waals surface area contributed by atoms with Gasteiger partial charge in [-0.1, -0.05) is 18.2 Å². The van der Waals surface area contributed by atoms with E-state index in [-0.39, 0.29) is 41.9 Å². The van der Waals surface area contributed by atoms with Crippen molar-refractivity contribution in [3.05, 3.63) is 67.5 Å². The molecule has 1 aromatic carbocycles. The molecule has 0 unspecified atom stereocenters. The smallest absolute Gasteiger partial charge is 0 e. The summed E-state index contributed by atoms with van der Waals surface area (Å²) in [6.45, 7) is 13.7. The molecule has 0 saturated carbocycles. The summed E-state index contributed by atoms with van der Waals surface area (Å²) >= 11 is 0. The number of fused-ring (bicyclic) bond motifs is 4. The summed E-state index contributed by atoms with van der Waals surface area (Å²) in [4.78, 5) is 12.0. The number of carbonyl (C=O) groups excluding carboxylic acids is 1. The normalized spacial score (nSPS) is 19.4. The summed E-state index contributed by atoms with van der Waals surface area (Å²) in [5.74, 6) is 1.08. The summed E-state index contributed by atoms with van der Waals surface area (Å²) in [6, 6.07) is 3.60. The molecule has 8 heteroatoms. The Bertz CT molecular complexity index is 716. The molecular weight excluding hydrogens is 372 g/mol. The second-order valence-electron chi connectivity index (χ2n) is 4.46. The first-order valence-corrected chi connectivity index (χ1v) is 6.44. The van der Waals surface area contributed by atoms with E-state index in [1.165, 1.54) is 0 Å². The van der Waals surface area contributed by atoms with Crippen LogP contribution in [-0.2, 0) is 35.8 Å². The molecule has 0 radical (unpaired) electrons. The zero-order chi connectivity index (χ0) is 18.1. The van der Waals surface area contributed by atoms with Gasteiger partial charge in [0.15, 0.2) is 11.5 Å². The number of hydrogen-bond acceptors (Lipinski definition) is 4. The molecule has 1 aromatic rings. The number of ether oxygens (including phenoxy) is 3. The maximum absolute atomic E-state index is 12.0. The summed E-state index contributed by atoms with van der Waals surface area (Å²) in [5.41, 5.74) is 1.52. The average molecular weight is 382 g/mol. The number of benzene rings is 1. The van der Waals surface area contributed by atoms with Gasteiger partial charge in [-0.15, -0.1) is 0 Å². The standard InChI is InChI=1S/C14H10O4.3CO.Fe/c15-14-10-6-13-12(16-7-17-13)5-9(10)8-3-1-2-4-11(8)18-14;3*1-2;/h1-6,8,11H,7H2;;;;/t8-,11-;;;;/m1..../s1. The van der Waals surface area contributed by atoms with Crippen molar-refractivity contribution in [1.29, 1.82) is 0 Å². The van der Waals surface area contributed by atoms with Crippen molar-refractivity contribution < 1.29 is 50.0 Å². The van der Waals surface area contributed by atoms with Crippen molar-refractivity contribution in [1.82, 2.24) is 0 Å². The molecule has 0 aromatic heterocycles. The first-order valence-electron chi connectivity index (χ1n) is 6.44. The summed E-state index contributed by atoms with van der Waals surface area (Å²) < 4.78 is 38.6. The maximum atomic E-state index is 12.0. The minimum atomic E-state index is -0.301. The molecule has 7 nitrogen and oxygen atoms in total. The van der Waals surface area contributed by atoms with E-state index in [1.807, 2.05) is 30.4 Å². The predicted molar refractivity (Wildman–Crippen MR) is 74.6 cm³/mol. The fourth-order valence-corrected chi connectivity index (χ4v) is 2.58. The zero-order valence-corrected chi connectivity index (χ0v) is 13.6. The van der Waals surface area contributed by atoms with E-state index in [0.29, 0.717) is 17.1 Å². The quantitative estimate of drug-likeness (QED) is 0.296. The van der Waals surface area contributed by atoms with Crippen molar-refractivity contribution in [3.8, 4) is 11.5 Å². The van der Waals surface area contributed by atoms with Crippen LogP contribution in [-0.4, -0.2) is 18.9 Å². The molecule has 2 aliphatic heterocycles. The number of rotatable bonds is 0. The fourth-order valence-electron chi connectivity index (χ4n) is 2.58. The number of carbonyl (C=O) groups is 1. The molecule has 0 N–H and O–H groups in total. The molecular formula is C17H10FeO7. The molecule has 2 heterocycles. The topological polar surface area (TPSA) is 104 Å². The van der Waals surface area contributed by atoms with Crippen LogP contribution in [0.2, 0.25) is 0 Å². The van der Waals surface area contributed by atoms with E-state index in [4.69, 9.17) is 28.2 Å². The summed E-state index contributed by atoms with van der Waals surface area (Å²) in [5, 5.41) is 0. The van der Waals surface area contributed by atoms with Gasteiger partial charge < -0.3 is 14.2 Å². The molecule has 0 spiro atoms. The van der Waals surface area contributed by atoms with Crippen LogP contribution in [0.5, 0.6) is 11.5 Å². The van der Waals surface area contributed by atoms with Crippen LogP contribution in [0.25, 0.3) is 0 Å². The Morgan fingerprint density at radius 2 is 1.48 bits per heavy atom. The molecule has 3 aliphatic rings. The third kappa shape index (κ3) is 4.53. The second-order valence-corrected chi connectivity index (χ2v) is 4.46. The van der Waals surface area contributed by atoms with Crippen LogP contribution in [0.3, 0.4) is 0 Å². The number of allylic oxidation sites excluding steroid dienone is 2. The minimum Gasteiger partial charge on any atom is 0 e. The van der Waals surface area contributed by atoms with Crippen LogP contribution in [0, 0.1) is 20.0 Å². The molecule has 4 rings (SSSR count). The van der Waals surface area contributed by atoms with Crippen molar-refractivity contribution >= 4 is 5.97 Å². The molecule has 25 heavy (non-hydrogen) atoms. The molecule has 128 valence electrons. The van der Waals surface area contributed by atoms with Crippen molar-refractivity contribution in [2.45, 2.75) is 12.0 Å². The van der Waals surface area contributed by atoms with E-state index >= 15 is 0 Å². The Labute approximate surface area is 154 Å². The van der Waals surface area contributed by atoms with Gasteiger partial charge in [0.05, 0.1) is 5.56 Å². The van der Waals surface area contributed by atoms with Gasteiger partial charge in [-0.25, -0.2) is 4.79 Å². The molecule has 2 atom stereocenters. The van der Waals surface area contributed by atoms with E-state index in [1.54, 1.807) is 6.07 Å². The maximum Gasteiger partial charge on any atom is 0 e. The minimum absolute atomic E-state index is 0. The largest absolute Gasteiger partial charge is 0 e. The fraction of sp³-hybridized carbons (Fsp3) is 0.176. The van der Waals surface area contributed by atoms with Gasteiger partial charge >= 0.3 is 39.9 Å². The van der Waals surface area contributed by atoms with E-state index < -0.39 is 0 Å². The molecule has 0 bridgehead atoms. The molecule has 0 fully saturated rings. The van der Waals surface area contributed by atoms with Crippen molar-refractivity contribution in [3.63, 3.8) is 0 Å². The van der Waals surface area contributed by atoms with Gasteiger partial charge in [-0.05, 0) is 23.8 Å². The van der Waals surface area contributed by atoms with E-state index in [0.717, 1.165) is 5.56 Å². The third-order valence-electron chi connectivity index (χ3n) is 3.45. The Balaban J connectivity index is 0.000000751. The SMILES string of the molecule is O=C1O[C@@H]2C=CC=C[C@@H]2c2cc3c(cc21)OCO3.[C-]#[O+].[C-]#[O+].[C-]#[O+].[Fe]. The summed E-state index contributed by atoms with van der Waals surface area (Å²) in [7, 11) is 0. The van der Waals surface area contributed by atoms with Gasteiger partial charge in [-0.2, -0.15) is 0 Å². The first-order chi connectivity index (χ1) is 11.8. The Morgan fingerprint density at radius 3 is 2.12 bits per heavy atom. The average Bonchev–Trinajstić information content (AvgIpc) is 3.13. The van der Waals surface area contributed by atoms with Crippen molar-refractivity contribution in [2.75, 3.05) is 6.79 Å². The molecule has 0 amide bonds. The zero-order valence-electron chi connectivity index (χ0n) is 12.5. The monoisotopic (exact) mass is 382 g/mol. The van der Waals surface area contributed by atoms with Gasteiger partial charge in [-0.3, -0.25) is 0 Å². The Hall–Kier alpha value is -2.49. The van der Waals surface area contributed by atoms with E-state index in [2.05, 4.69) is 20.0 Å². The second kappa shape index (κ2) is 11.1. The Kier molecular flexibility index (Phi) is 10.0. The van der Waals surface area contributed by atoms with Gasteiger partial charge in [0.1, 0.15) is 6.10 Å². The van der Waals surface area contributed by atoms with E-state index in [9.17, 15) is 4.79 Å². The first kappa shape index (κ1) is 22.5. The van der Waals surface area contributed by atoms with Crippen LogP contribution in [0.4, 0.5) is 0 Å². The van der Waals surface area contributed by atoms with Gasteiger partial charge in [0.25, 0.3) is 0 Å². The van der Waals surface area contributed by atoms with Gasteiger partial charge in [0.2, 0.25) is 6.79 Å².